The Balaban J connectivity index is 1.57. The average molecular weight is 288 g/mol. The van der Waals surface area contributed by atoms with Crippen molar-refractivity contribution >= 4 is 0 Å². The molecule has 0 amide bonds. The van der Waals surface area contributed by atoms with E-state index in [-0.39, 0.29) is 0 Å². The molecule has 2 fully saturated rings. The van der Waals surface area contributed by atoms with Gasteiger partial charge in [0, 0.05) is 19.1 Å². The molecule has 1 aromatic carbocycles. The molecule has 0 radical (unpaired) electrons. The number of likely N-dealkylation sites (N-methyl/N-ethyl adjacent to an activating group) is 1. The molecular weight excluding hydrogens is 260 g/mol. The van der Waals surface area contributed by atoms with Crippen LogP contribution in [0.25, 0.3) is 0 Å². The number of hydrogen-bond donors (Lipinski definition) is 1. The second kappa shape index (κ2) is 7.28. The number of nitrogens with one attached hydrogen (secondary N) is 1. The predicted molar refractivity (Wildman–Crippen MR) is 86.7 cm³/mol. The highest BCUT2D eigenvalue weighted by atomic mass is 16.5. The van der Waals surface area contributed by atoms with Gasteiger partial charge in [-0.3, -0.25) is 4.90 Å². The Morgan fingerprint density at radius 2 is 2.05 bits per heavy atom. The van der Waals surface area contributed by atoms with E-state index in [9.17, 15) is 0 Å². The van der Waals surface area contributed by atoms with Crippen molar-refractivity contribution in [2.75, 3.05) is 20.1 Å². The molecular formula is C18H28N2O. The Labute approximate surface area is 128 Å². The molecule has 3 heteroatoms. The van der Waals surface area contributed by atoms with E-state index >= 15 is 0 Å². The highest BCUT2D eigenvalue weighted by Crippen LogP contribution is 2.25. The number of likely N-dealkylation sites (tertiary alicyclic amines) is 1. The zero-order valence-corrected chi connectivity index (χ0v) is 13.2. The van der Waals surface area contributed by atoms with Crippen molar-refractivity contribution in [3.8, 4) is 5.75 Å². The van der Waals surface area contributed by atoms with E-state index in [1.165, 1.54) is 50.6 Å². The molecule has 1 unspecified atom stereocenters. The van der Waals surface area contributed by atoms with Gasteiger partial charge in [-0.1, -0.05) is 12.1 Å². The van der Waals surface area contributed by atoms with E-state index in [4.69, 9.17) is 4.74 Å². The summed E-state index contributed by atoms with van der Waals surface area (Å²) in [5.74, 6) is 1.06. The molecule has 1 saturated heterocycles. The Hall–Kier alpha value is -1.06. The minimum atomic E-state index is 0.448. The molecule has 1 N–H and O–H groups in total. The van der Waals surface area contributed by atoms with Crippen molar-refractivity contribution in [1.82, 2.24) is 10.2 Å². The lowest BCUT2D eigenvalue weighted by Gasteiger charge is -2.32. The molecule has 0 aromatic heterocycles. The SMILES string of the molecule is CNC1CCCN(Cc2cccc(OC3CCCC3)c2)C1. The second-order valence-electron chi connectivity index (χ2n) is 6.53. The first kappa shape index (κ1) is 14.9. The van der Waals surface area contributed by atoms with Gasteiger partial charge >= 0.3 is 0 Å². The van der Waals surface area contributed by atoms with Gasteiger partial charge in [0.2, 0.25) is 0 Å². The summed E-state index contributed by atoms with van der Waals surface area (Å²) in [6, 6.07) is 9.36. The number of hydrogen-bond acceptors (Lipinski definition) is 3. The normalized spacial score (nSPS) is 24.3. The lowest BCUT2D eigenvalue weighted by atomic mass is 10.0. The van der Waals surface area contributed by atoms with E-state index in [1.807, 2.05) is 0 Å². The number of nitrogens with zero attached hydrogens (tertiary/aromatic N) is 1. The number of benzene rings is 1. The van der Waals surface area contributed by atoms with Gasteiger partial charge in [-0.2, -0.15) is 0 Å². The van der Waals surface area contributed by atoms with Crippen LogP contribution in [0.2, 0.25) is 0 Å². The van der Waals surface area contributed by atoms with Crippen LogP contribution in [0.3, 0.4) is 0 Å². The summed E-state index contributed by atoms with van der Waals surface area (Å²) in [5, 5.41) is 3.41. The largest absolute Gasteiger partial charge is 0.490 e. The van der Waals surface area contributed by atoms with Gasteiger partial charge in [-0.05, 0) is 69.8 Å². The Kier molecular flexibility index (Phi) is 5.15. The van der Waals surface area contributed by atoms with E-state index in [0.29, 0.717) is 12.1 Å². The van der Waals surface area contributed by atoms with Crippen LogP contribution in [0.4, 0.5) is 0 Å². The topological polar surface area (TPSA) is 24.5 Å². The minimum absolute atomic E-state index is 0.448. The number of piperidine rings is 1. The van der Waals surface area contributed by atoms with Crippen LogP contribution in [0.15, 0.2) is 24.3 Å². The number of rotatable bonds is 5. The molecule has 1 aromatic rings. The fraction of sp³-hybridized carbons (Fsp3) is 0.667. The van der Waals surface area contributed by atoms with Gasteiger partial charge in [-0.25, -0.2) is 0 Å². The molecule has 3 rings (SSSR count). The lowest BCUT2D eigenvalue weighted by Crippen LogP contribution is -2.43. The van der Waals surface area contributed by atoms with Gasteiger partial charge in [0.15, 0.2) is 0 Å². The van der Waals surface area contributed by atoms with Gasteiger partial charge in [0.05, 0.1) is 6.10 Å². The van der Waals surface area contributed by atoms with Gasteiger partial charge in [-0.15, -0.1) is 0 Å². The zero-order chi connectivity index (χ0) is 14.5. The van der Waals surface area contributed by atoms with Crippen LogP contribution in [0.5, 0.6) is 5.75 Å². The van der Waals surface area contributed by atoms with Crippen LogP contribution >= 0.6 is 0 Å². The molecule has 1 aliphatic carbocycles. The van der Waals surface area contributed by atoms with Crippen molar-refractivity contribution in [3.63, 3.8) is 0 Å². The standard InChI is InChI=1S/C18H28N2O/c1-19-16-7-5-11-20(14-16)13-15-6-4-10-18(12-15)21-17-8-2-3-9-17/h4,6,10,12,16-17,19H,2-3,5,7-9,11,13-14H2,1H3. The quantitative estimate of drug-likeness (QED) is 0.900. The fourth-order valence-electron chi connectivity index (χ4n) is 3.61. The first-order chi connectivity index (χ1) is 10.3. The van der Waals surface area contributed by atoms with E-state index in [2.05, 4.69) is 41.5 Å². The maximum Gasteiger partial charge on any atom is 0.120 e. The van der Waals surface area contributed by atoms with Gasteiger partial charge < -0.3 is 10.1 Å². The van der Waals surface area contributed by atoms with Crippen molar-refractivity contribution in [1.29, 1.82) is 0 Å². The van der Waals surface area contributed by atoms with Crippen molar-refractivity contribution in [3.05, 3.63) is 29.8 Å². The maximum atomic E-state index is 6.12. The van der Waals surface area contributed by atoms with Crippen LogP contribution in [0, 0.1) is 0 Å². The molecule has 0 bridgehead atoms. The third-order valence-electron chi connectivity index (χ3n) is 4.82. The monoisotopic (exact) mass is 288 g/mol. The minimum Gasteiger partial charge on any atom is -0.490 e. The molecule has 21 heavy (non-hydrogen) atoms. The van der Waals surface area contributed by atoms with Gasteiger partial charge in [0.1, 0.15) is 5.75 Å². The average Bonchev–Trinajstić information content (AvgIpc) is 3.01. The molecule has 3 nitrogen and oxygen atoms in total. The number of ether oxygens (including phenoxy) is 1. The summed E-state index contributed by atoms with van der Waals surface area (Å²) in [6.07, 6.45) is 8.14. The zero-order valence-electron chi connectivity index (χ0n) is 13.2. The predicted octanol–water partition coefficient (Wildman–Crippen LogP) is 3.19. The summed E-state index contributed by atoms with van der Waals surface area (Å²) in [5.41, 5.74) is 1.38. The second-order valence-corrected chi connectivity index (χ2v) is 6.53. The van der Waals surface area contributed by atoms with Crippen LogP contribution in [-0.2, 0) is 6.54 Å². The van der Waals surface area contributed by atoms with Gasteiger partial charge in [0.25, 0.3) is 0 Å². The maximum absolute atomic E-state index is 6.12. The molecule has 1 saturated carbocycles. The molecule has 1 aliphatic heterocycles. The van der Waals surface area contributed by atoms with Crippen LogP contribution in [-0.4, -0.2) is 37.2 Å². The summed E-state index contributed by atoms with van der Waals surface area (Å²) >= 11 is 0. The summed E-state index contributed by atoms with van der Waals surface area (Å²) in [4.78, 5) is 2.55. The highest BCUT2D eigenvalue weighted by Gasteiger charge is 2.19. The molecule has 2 aliphatic rings. The summed E-state index contributed by atoms with van der Waals surface area (Å²) in [7, 11) is 2.07. The summed E-state index contributed by atoms with van der Waals surface area (Å²) < 4.78 is 6.12. The highest BCUT2D eigenvalue weighted by molar-refractivity contribution is 5.28. The van der Waals surface area contributed by atoms with E-state index in [0.717, 1.165) is 18.8 Å². The molecule has 1 heterocycles. The van der Waals surface area contributed by atoms with Crippen molar-refractivity contribution in [2.24, 2.45) is 0 Å². The van der Waals surface area contributed by atoms with Crippen LogP contribution < -0.4 is 10.1 Å². The third kappa shape index (κ3) is 4.21. The fourth-order valence-corrected chi connectivity index (χ4v) is 3.61. The Morgan fingerprint density at radius 3 is 2.86 bits per heavy atom. The Morgan fingerprint density at radius 1 is 1.19 bits per heavy atom. The molecule has 116 valence electrons. The smallest absolute Gasteiger partial charge is 0.120 e. The lowest BCUT2D eigenvalue weighted by molar-refractivity contribution is 0.186. The molecule has 0 spiro atoms. The third-order valence-corrected chi connectivity index (χ3v) is 4.82. The molecule has 1 atom stereocenters. The van der Waals surface area contributed by atoms with Crippen molar-refractivity contribution in [2.45, 2.75) is 57.2 Å². The Bertz CT molecular complexity index is 443. The first-order valence-electron chi connectivity index (χ1n) is 8.49. The first-order valence-corrected chi connectivity index (χ1v) is 8.49. The summed E-state index contributed by atoms with van der Waals surface area (Å²) in [6.45, 7) is 3.41. The van der Waals surface area contributed by atoms with Crippen molar-refractivity contribution < 1.29 is 4.74 Å². The van der Waals surface area contributed by atoms with E-state index < -0.39 is 0 Å². The van der Waals surface area contributed by atoms with E-state index in [1.54, 1.807) is 0 Å². The van der Waals surface area contributed by atoms with Crippen LogP contribution in [0.1, 0.15) is 44.1 Å².